The molecule has 0 unspecified atom stereocenters. The Balaban J connectivity index is 1.97. The number of methoxy groups -OCH3 is 1. The molecule has 3 rings (SSSR count). The molecule has 0 radical (unpaired) electrons. The normalized spacial score (nSPS) is 22.1. The first-order valence-corrected chi connectivity index (χ1v) is 8.33. The molecule has 4 nitrogen and oxygen atoms in total. The third-order valence-corrected chi connectivity index (χ3v) is 5.04. The van der Waals surface area contributed by atoms with E-state index in [2.05, 4.69) is 33.9 Å². The number of hydrogen-bond donors (Lipinski definition) is 1. The zero-order valence-corrected chi connectivity index (χ0v) is 14.3. The van der Waals surface area contributed by atoms with Gasteiger partial charge in [0, 0.05) is 28.7 Å². The zero-order valence-electron chi connectivity index (χ0n) is 12.7. The minimum Gasteiger partial charge on any atom is -0.493 e. The van der Waals surface area contributed by atoms with E-state index in [1.165, 1.54) is 12.8 Å². The molecule has 5 heteroatoms. The number of hydrogen-bond acceptors (Lipinski definition) is 4. The summed E-state index contributed by atoms with van der Waals surface area (Å²) in [5.74, 6) is 1.61. The second kappa shape index (κ2) is 5.78. The molecule has 1 aliphatic heterocycles. The number of nitrogens with zero attached hydrogens (tertiary/aromatic N) is 1. The Morgan fingerprint density at radius 2 is 1.95 bits per heavy atom. The first-order valence-electron chi connectivity index (χ1n) is 7.54. The van der Waals surface area contributed by atoms with Crippen LogP contribution in [0.5, 0.6) is 11.5 Å². The van der Waals surface area contributed by atoms with E-state index in [4.69, 9.17) is 15.2 Å². The molecule has 1 aromatic carbocycles. The van der Waals surface area contributed by atoms with Gasteiger partial charge in [-0.05, 0) is 32.0 Å². The summed E-state index contributed by atoms with van der Waals surface area (Å²) in [6.07, 6.45) is 4.60. The van der Waals surface area contributed by atoms with Gasteiger partial charge in [0.2, 0.25) is 0 Å². The van der Waals surface area contributed by atoms with Crippen LogP contribution in [0, 0.1) is 0 Å². The largest absolute Gasteiger partial charge is 0.493 e. The van der Waals surface area contributed by atoms with Crippen LogP contribution in [-0.4, -0.2) is 38.3 Å². The number of nitrogens with two attached hydrogens (primary N) is 1. The molecule has 1 aliphatic carbocycles. The van der Waals surface area contributed by atoms with Crippen LogP contribution in [-0.2, 0) is 5.54 Å². The Kier molecular flexibility index (Phi) is 4.17. The summed E-state index contributed by atoms with van der Waals surface area (Å²) in [6.45, 7) is 1.91. The molecule has 1 heterocycles. The molecule has 1 saturated carbocycles. The lowest BCUT2D eigenvalue weighted by Gasteiger charge is -2.38. The number of ether oxygens (including phenoxy) is 2. The highest BCUT2D eigenvalue weighted by Crippen LogP contribution is 2.46. The lowest BCUT2D eigenvalue weighted by molar-refractivity contribution is 0.0353. The number of halogens is 1. The van der Waals surface area contributed by atoms with Gasteiger partial charge in [0.15, 0.2) is 11.5 Å². The standard InChI is InChI=1S/C16H23BrN2O2/c1-19-9-12(10-19)21-15-13(16(18)5-3-4-6-16)7-11(17)8-14(15)20-2/h7-8,12H,3-6,9-10,18H2,1-2H3. The second-order valence-corrected chi connectivity index (χ2v) is 7.22. The van der Waals surface area contributed by atoms with Crippen LogP contribution in [0.4, 0.5) is 0 Å². The van der Waals surface area contributed by atoms with Crippen LogP contribution >= 0.6 is 15.9 Å². The van der Waals surface area contributed by atoms with Crippen LogP contribution in [0.15, 0.2) is 16.6 Å². The Hall–Kier alpha value is -0.780. The number of benzene rings is 1. The average Bonchev–Trinajstić information content (AvgIpc) is 2.86. The molecule has 1 aromatic rings. The maximum atomic E-state index is 6.67. The molecule has 0 bridgehead atoms. The van der Waals surface area contributed by atoms with Gasteiger partial charge in [-0.1, -0.05) is 28.8 Å². The van der Waals surface area contributed by atoms with Crippen molar-refractivity contribution in [3.63, 3.8) is 0 Å². The Morgan fingerprint density at radius 3 is 2.52 bits per heavy atom. The van der Waals surface area contributed by atoms with E-state index in [9.17, 15) is 0 Å². The highest BCUT2D eigenvalue weighted by Gasteiger charge is 2.37. The van der Waals surface area contributed by atoms with Crippen LogP contribution < -0.4 is 15.2 Å². The van der Waals surface area contributed by atoms with Gasteiger partial charge >= 0.3 is 0 Å². The summed E-state index contributed by atoms with van der Waals surface area (Å²) >= 11 is 3.57. The predicted octanol–water partition coefficient (Wildman–Crippen LogP) is 2.88. The highest BCUT2D eigenvalue weighted by molar-refractivity contribution is 9.10. The van der Waals surface area contributed by atoms with Crippen molar-refractivity contribution in [1.29, 1.82) is 0 Å². The Bertz CT molecular complexity index is 523. The van der Waals surface area contributed by atoms with Crippen molar-refractivity contribution in [2.45, 2.75) is 37.3 Å². The van der Waals surface area contributed by atoms with Gasteiger partial charge in [0.25, 0.3) is 0 Å². The third-order valence-electron chi connectivity index (χ3n) is 4.59. The van der Waals surface area contributed by atoms with Gasteiger partial charge < -0.3 is 15.2 Å². The highest BCUT2D eigenvalue weighted by atomic mass is 79.9. The fourth-order valence-electron chi connectivity index (χ4n) is 3.37. The third kappa shape index (κ3) is 2.91. The van der Waals surface area contributed by atoms with E-state index in [-0.39, 0.29) is 11.6 Å². The molecule has 2 fully saturated rings. The molecule has 2 N–H and O–H groups in total. The molecule has 0 atom stereocenters. The minimum atomic E-state index is -0.290. The first-order chi connectivity index (χ1) is 10.0. The van der Waals surface area contributed by atoms with Crippen molar-refractivity contribution in [1.82, 2.24) is 4.90 Å². The number of likely N-dealkylation sites (N-methyl/N-ethyl adjacent to an activating group) is 1. The molecule has 0 spiro atoms. The summed E-state index contributed by atoms with van der Waals surface area (Å²) in [7, 11) is 3.78. The predicted molar refractivity (Wildman–Crippen MR) is 86.9 cm³/mol. The molecule has 21 heavy (non-hydrogen) atoms. The average molecular weight is 355 g/mol. The second-order valence-electron chi connectivity index (χ2n) is 6.31. The van der Waals surface area contributed by atoms with Crippen LogP contribution in [0.25, 0.3) is 0 Å². The lowest BCUT2D eigenvalue weighted by atomic mass is 9.88. The molecule has 0 amide bonds. The fraction of sp³-hybridized carbons (Fsp3) is 0.625. The van der Waals surface area contributed by atoms with Crippen molar-refractivity contribution < 1.29 is 9.47 Å². The minimum absolute atomic E-state index is 0.230. The molecule has 116 valence electrons. The topological polar surface area (TPSA) is 47.7 Å². The summed E-state index contributed by atoms with van der Waals surface area (Å²) in [4.78, 5) is 2.24. The monoisotopic (exact) mass is 354 g/mol. The van der Waals surface area contributed by atoms with Gasteiger partial charge in [-0.25, -0.2) is 0 Å². The number of likely N-dealkylation sites (tertiary alicyclic amines) is 1. The van der Waals surface area contributed by atoms with E-state index in [0.717, 1.165) is 47.5 Å². The summed E-state index contributed by atoms with van der Waals surface area (Å²) in [5, 5.41) is 0. The molecule has 1 saturated heterocycles. The van der Waals surface area contributed by atoms with Crippen LogP contribution in [0.1, 0.15) is 31.2 Å². The lowest BCUT2D eigenvalue weighted by Crippen LogP contribution is -2.51. The van der Waals surface area contributed by atoms with Crippen LogP contribution in [0.3, 0.4) is 0 Å². The van der Waals surface area contributed by atoms with Crippen molar-refractivity contribution in [3.05, 3.63) is 22.2 Å². The van der Waals surface area contributed by atoms with E-state index in [0.29, 0.717) is 0 Å². The molecular formula is C16H23BrN2O2. The van der Waals surface area contributed by atoms with Crippen molar-refractivity contribution >= 4 is 15.9 Å². The summed E-state index contributed by atoms with van der Waals surface area (Å²) < 4.78 is 12.8. The van der Waals surface area contributed by atoms with Gasteiger partial charge in [-0.3, -0.25) is 4.90 Å². The maximum Gasteiger partial charge on any atom is 0.166 e. The van der Waals surface area contributed by atoms with E-state index in [1.54, 1.807) is 7.11 Å². The van der Waals surface area contributed by atoms with Gasteiger partial charge in [0.05, 0.1) is 7.11 Å². The summed E-state index contributed by atoms with van der Waals surface area (Å²) in [6, 6.07) is 4.06. The van der Waals surface area contributed by atoms with Crippen molar-refractivity contribution in [2.24, 2.45) is 5.73 Å². The fourth-order valence-corrected chi connectivity index (χ4v) is 3.81. The number of rotatable bonds is 4. The Morgan fingerprint density at radius 1 is 1.29 bits per heavy atom. The van der Waals surface area contributed by atoms with Gasteiger partial charge in [-0.2, -0.15) is 0 Å². The van der Waals surface area contributed by atoms with Crippen molar-refractivity contribution in [3.8, 4) is 11.5 Å². The van der Waals surface area contributed by atoms with Crippen LogP contribution in [0.2, 0.25) is 0 Å². The van der Waals surface area contributed by atoms with E-state index < -0.39 is 0 Å². The van der Waals surface area contributed by atoms with E-state index in [1.807, 2.05) is 6.07 Å². The smallest absolute Gasteiger partial charge is 0.166 e. The summed E-state index contributed by atoms with van der Waals surface area (Å²) in [5.41, 5.74) is 7.46. The SMILES string of the molecule is COc1cc(Br)cc(C2(N)CCCC2)c1OC1CN(C)C1. The molecule has 0 aromatic heterocycles. The van der Waals surface area contributed by atoms with Gasteiger partial charge in [-0.15, -0.1) is 0 Å². The Labute approximate surface area is 134 Å². The van der Waals surface area contributed by atoms with E-state index >= 15 is 0 Å². The molecule has 2 aliphatic rings. The quantitative estimate of drug-likeness (QED) is 0.902. The maximum absolute atomic E-state index is 6.67. The zero-order chi connectivity index (χ0) is 15.0. The first kappa shape index (κ1) is 15.1. The van der Waals surface area contributed by atoms with Crippen molar-refractivity contribution in [2.75, 3.05) is 27.2 Å². The molecular weight excluding hydrogens is 332 g/mol. The van der Waals surface area contributed by atoms with Gasteiger partial charge in [0.1, 0.15) is 6.10 Å².